The highest BCUT2D eigenvalue weighted by atomic mass is 16.6. The molecule has 0 aliphatic carbocycles. The fourth-order valence-electron chi connectivity index (χ4n) is 3.97. The smallest absolute Gasteiger partial charge is 0.410 e. The van der Waals surface area contributed by atoms with Crippen molar-refractivity contribution in [3.05, 3.63) is 28.8 Å². The lowest BCUT2D eigenvalue weighted by molar-refractivity contribution is 0.137. The second-order valence-electron chi connectivity index (χ2n) is 7.92. The summed E-state index contributed by atoms with van der Waals surface area (Å²) in [6.07, 6.45) is 1.69. The number of amides is 1. The normalized spacial score (nSPS) is 12.7. The summed E-state index contributed by atoms with van der Waals surface area (Å²) in [5, 5.41) is 0. The molecular weight excluding hydrogens is 336 g/mol. The molecule has 1 aromatic carbocycles. The Balaban J connectivity index is 3.26. The van der Waals surface area contributed by atoms with E-state index >= 15 is 0 Å². The van der Waals surface area contributed by atoms with Crippen LogP contribution in [0.2, 0.25) is 0 Å². The van der Waals surface area contributed by atoms with Crippen LogP contribution < -0.4 is 4.74 Å². The molecule has 4 heteroatoms. The molecule has 27 heavy (non-hydrogen) atoms. The van der Waals surface area contributed by atoms with Crippen molar-refractivity contribution in [3.8, 4) is 5.75 Å². The lowest BCUT2D eigenvalue weighted by Crippen LogP contribution is -2.39. The summed E-state index contributed by atoms with van der Waals surface area (Å²) in [4.78, 5) is 17.0. The Morgan fingerprint density at radius 3 is 2.11 bits per heavy atom. The van der Waals surface area contributed by atoms with Crippen LogP contribution in [-0.2, 0) is 0 Å². The number of hydrogen-bond acceptors (Lipinski definition) is 3. The lowest BCUT2D eigenvalue weighted by atomic mass is 9.92. The van der Waals surface area contributed by atoms with Crippen molar-refractivity contribution in [2.24, 2.45) is 0 Å². The number of hydrogen-bond donors (Lipinski definition) is 0. The molecule has 1 aromatic rings. The SMILES string of the molecule is CCCN(C(=O)Oc1ccc(C)c([C@H](CC)N(CC)C(C)C)c1C)C(C)C. The summed E-state index contributed by atoms with van der Waals surface area (Å²) in [6, 6.07) is 4.94. The van der Waals surface area contributed by atoms with Gasteiger partial charge in [0.25, 0.3) is 0 Å². The fourth-order valence-corrected chi connectivity index (χ4v) is 3.97. The molecule has 0 spiro atoms. The van der Waals surface area contributed by atoms with Crippen molar-refractivity contribution in [2.75, 3.05) is 13.1 Å². The average Bonchev–Trinajstić information content (AvgIpc) is 2.60. The molecule has 1 rings (SSSR count). The topological polar surface area (TPSA) is 32.8 Å². The van der Waals surface area contributed by atoms with Gasteiger partial charge in [-0.3, -0.25) is 4.90 Å². The van der Waals surface area contributed by atoms with Crippen molar-refractivity contribution >= 4 is 6.09 Å². The molecule has 0 radical (unpaired) electrons. The van der Waals surface area contributed by atoms with Crippen LogP contribution >= 0.6 is 0 Å². The number of carbonyl (C=O) groups excluding carboxylic acids is 1. The van der Waals surface area contributed by atoms with E-state index in [1.54, 1.807) is 4.90 Å². The molecule has 0 N–H and O–H groups in total. The average molecular weight is 377 g/mol. The van der Waals surface area contributed by atoms with Crippen molar-refractivity contribution in [2.45, 2.75) is 93.3 Å². The monoisotopic (exact) mass is 376 g/mol. The van der Waals surface area contributed by atoms with Crippen molar-refractivity contribution in [3.63, 3.8) is 0 Å². The Kier molecular flexibility index (Phi) is 9.31. The summed E-state index contributed by atoms with van der Waals surface area (Å²) >= 11 is 0. The third kappa shape index (κ3) is 5.71. The van der Waals surface area contributed by atoms with Gasteiger partial charge in [0, 0.05) is 24.7 Å². The van der Waals surface area contributed by atoms with Gasteiger partial charge in [0.2, 0.25) is 0 Å². The van der Waals surface area contributed by atoms with Crippen LogP contribution in [0.4, 0.5) is 4.79 Å². The standard InChI is InChI=1S/C23H40N2O2/c1-10-15-25(17(6)7)23(26)27-21-14-13-18(8)22(19(21)9)20(11-2)24(12-3)16(4)5/h13-14,16-17,20H,10-12,15H2,1-9H3/t20-/m0/s1. The molecule has 4 nitrogen and oxygen atoms in total. The maximum atomic E-state index is 12.7. The van der Waals surface area contributed by atoms with Gasteiger partial charge >= 0.3 is 6.09 Å². The zero-order chi connectivity index (χ0) is 20.7. The molecule has 0 aliphatic heterocycles. The van der Waals surface area contributed by atoms with Crippen LogP contribution in [0.3, 0.4) is 0 Å². The molecule has 0 aliphatic rings. The molecule has 0 saturated carbocycles. The first-order valence-electron chi connectivity index (χ1n) is 10.5. The Labute approximate surface area is 166 Å². The first-order chi connectivity index (χ1) is 12.7. The molecule has 0 bridgehead atoms. The van der Waals surface area contributed by atoms with Gasteiger partial charge in [-0.1, -0.05) is 26.8 Å². The highest BCUT2D eigenvalue weighted by Crippen LogP contribution is 2.35. The van der Waals surface area contributed by atoms with Crippen LogP contribution in [0, 0.1) is 13.8 Å². The quantitative estimate of drug-likeness (QED) is 0.522. The van der Waals surface area contributed by atoms with Gasteiger partial charge in [-0.05, 0) is 83.7 Å². The maximum Gasteiger partial charge on any atom is 0.415 e. The molecule has 0 unspecified atom stereocenters. The Hall–Kier alpha value is -1.55. The molecule has 0 aromatic heterocycles. The summed E-state index contributed by atoms with van der Waals surface area (Å²) in [5.74, 6) is 0.681. The Bertz CT molecular complexity index is 611. The molecule has 0 heterocycles. The van der Waals surface area contributed by atoms with Gasteiger partial charge in [-0.25, -0.2) is 4.79 Å². The molecule has 0 saturated heterocycles. The molecule has 0 fully saturated rings. The first-order valence-corrected chi connectivity index (χ1v) is 10.5. The molecular formula is C23H40N2O2. The van der Waals surface area contributed by atoms with E-state index in [0.29, 0.717) is 24.4 Å². The van der Waals surface area contributed by atoms with Crippen LogP contribution in [0.15, 0.2) is 12.1 Å². The van der Waals surface area contributed by atoms with E-state index in [9.17, 15) is 4.79 Å². The number of rotatable bonds is 9. The predicted octanol–water partition coefficient (Wildman–Crippen LogP) is 6.10. The Morgan fingerprint density at radius 1 is 1.04 bits per heavy atom. The summed E-state index contributed by atoms with van der Waals surface area (Å²) < 4.78 is 5.85. The minimum absolute atomic E-state index is 0.127. The van der Waals surface area contributed by atoms with Crippen molar-refractivity contribution < 1.29 is 9.53 Å². The number of ether oxygens (including phenoxy) is 1. The number of aryl methyl sites for hydroxylation is 1. The summed E-state index contributed by atoms with van der Waals surface area (Å²) in [6.45, 7) is 21.0. The zero-order valence-corrected chi connectivity index (χ0v) is 18.9. The van der Waals surface area contributed by atoms with Crippen LogP contribution in [0.5, 0.6) is 5.75 Å². The van der Waals surface area contributed by atoms with E-state index in [0.717, 1.165) is 24.9 Å². The molecule has 154 valence electrons. The lowest BCUT2D eigenvalue weighted by Gasteiger charge is -2.36. The van der Waals surface area contributed by atoms with E-state index in [-0.39, 0.29) is 12.1 Å². The molecule has 1 amide bonds. The van der Waals surface area contributed by atoms with E-state index in [4.69, 9.17) is 4.74 Å². The highest BCUT2D eigenvalue weighted by Gasteiger charge is 2.26. The van der Waals surface area contributed by atoms with Gasteiger partial charge in [0.05, 0.1) is 0 Å². The third-order valence-corrected chi connectivity index (χ3v) is 5.35. The second kappa shape index (κ2) is 10.7. The minimum atomic E-state index is -0.256. The molecule has 1 atom stereocenters. The number of nitrogens with zero attached hydrogens (tertiary/aromatic N) is 2. The zero-order valence-electron chi connectivity index (χ0n) is 18.9. The summed E-state index contributed by atoms with van der Waals surface area (Å²) in [7, 11) is 0. The minimum Gasteiger partial charge on any atom is -0.410 e. The second-order valence-corrected chi connectivity index (χ2v) is 7.92. The van der Waals surface area contributed by atoms with Gasteiger partial charge < -0.3 is 9.64 Å². The van der Waals surface area contributed by atoms with Gasteiger partial charge in [-0.2, -0.15) is 0 Å². The Morgan fingerprint density at radius 2 is 1.67 bits per heavy atom. The van der Waals surface area contributed by atoms with Gasteiger partial charge in [-0.15, -0.1) is 0 Å². The fraction of sp³-hybridized carbons (Fsp3) is 0.696. The van der Waals surface area contributed by atoms with E-state index in [2.05, 4.69) is 59.4 Å². The number of carbonyl (C=O) groups is 1. The van der Waals surface area contributed by atoms with E-state index in [1.165, 1.54) is 11.1 Å². The predicted molar refractivity (Wildman–Crippen MR) is 115 cm³/mol. The van der Waals surface area contributed by atoms with Crippen molar-refractivity contribution in [1.82, 2.24) is 9.80 Å². The number of benzene rings is 1. The van der Waals surface area contributed by atoms with E-state index < -0.39 is 0 Å². The first kappa shape index (κ1) is 23.5. The summed E-state index contributed by atoms with van der Waals surface area (Å²) in [5.41, 5.74) is 3.63. The maximum absolute atomic E-state index is 12.7. The van der Waals surface area contributed by atoms with Gasteiger partial charge in [0.15, 0.2) is 0 Å². The largest absolute Gasteiger partial charge is 0.415 e. The van der Waals surface area contributed by atoms with Crippen LogP contribution in [0.1, 0.15) is 84.0 Å². The van der Waals surface area contributed by atoms with Gasteiger partial charge in [0.1, 0.15) is 5.75 Å². The highest BCUT2D eigenvalue weighted by molar-refractivity contribution is 5.71. The third-order valence-electron chi connectivity index (χ3n) is 5.35. The van der Waals surface area contributed by atoms with Crippen LogP contribution in [0.25, 0.3) is 0 Å². The van der Waals surface area contributed by atoms with E-state index in [1.807, 2.05) is 19.9 Å². The van der Waals surface area contributed by atoms with Crippen LogP contribution in [-0.4, -0.2) is 41.1 Å². The van der Waals surface area contributed by atoms with Crippen molar-refractivity contribution in [1.29, 1.82) is 0 Å².